The van der Waals surface area contributed by atoms with Gasteiger partial charge in [0.25, 0.3) is 0 Å². The Morgan fingerprint density at radius 2 is 0.828 bits per heavy atom. The Morgan fingerprint density at radius 3 is 1.41 bits per heavy atom. The minimum atomic E-state index is -0.118. The minimum absolute atomic E-state index is 0.0588. The van der Waals surface area contributed by atoms with Crippen molar-refractivity contribution in [3.8, 4) is 44.5 Å². The molecule has 7 aromatic rings. The van der Waals surface area contributed by atoms with E-state index in [0.29, 0.717) is 0 Å². The van der Waals surface area contributed by atoms with E-state index in [-0.39, 0.29) is 21.7 Å². The van der Waals surface area contributed by atoms with Crippen LogP contribution in [0.1, 0.15) is 104 Å². The van der Waals surface area contributed by atoms with Crippen molar-refractivity contribution in [2.45, 2.75) is 97.8 Å². The summed E-state index contributed by atoms with van der Waals surface area (Å²) in [6, 6.07) is 59.4. The third-order valence-corrected chi connectivity index (χ3v) is 12.3. The molecule has 58 heavy (non-hydrogen) atoms. The Hall–Kier alpha value is -5.66. The van der Waals surface area contributed by atoms with Gasteiger partial charge in [-0.1, -0.05) is 204 Å². The molecule has 0 saturated carbocycles. The van der Waals surface area contributed by atoms with Crippen LogP contribution in [0.25, 0.3) is 44.5 Å². The molecule has 0 N–H and O–H groups in total. The highest BCUT2D eigenvalue weighted by molar-refractivity contribution is 5.91. The molecule has 0 fully saturated rings. The first-order valence-corrected chi connectivity index (χ1v) is 21.0. The predicted molar refractivity (Wildman–Crippen MR) is 251 cm³/mol. The lowest BCUT2D eigenvalue weighted by Crippen LogP contribution is -2.18. The fourth-order valence-corrected chi connectivity index (χ4v) is 8.64. The van der Waals surface area contributed by atoms with Crippen LogP contribution in [0.15, 0.2) is 158 Å². The summed E-state index contributed by atoms with van der Waals surface area (Å²) >= 11 is 0. The van der Waals surface area contributed by atoms with Crippen molar-refractivity contribution >= 4 is 17.1 Å². The monoisotopic (exact) mass is 757 g/mol. The van der Waals surface area contributed by atoms with Gasteiger partial charge in [0.05, 0.1) is 5.69 Å². The normalized spacial score (nSPS) is 13.6. The molecular weight excluding hydrogens is 699 g/mol. The zero-order valence-corrected chi connectivity index (χ0v) is 36.5. The summed E-state index contributed by atoms with van der Waals surface area (Å²) in [7, 11) is 0. The number of fused-ring (bicyclic) bond motifs is 3. The molecule has 0 aromatic heterocycles. The third kappa shape index (κ3) is 7.33. The molecule has 1 aliphatic carbocycles. The fraction of sp³-hybridized carbons (Fsp3) is 0.263. The van der Waals surface area contributed by atoms with E-state index in [2.05, 4.69) is 239 Å². The standard InChI is InChI=1S/C57H59N/c1-54(2,3)43-31-41(32-44(35-43)55(4,5)6)38-25-27-39(28-26-38)42-33-45(56(7,8)9)36-47(34-42)58(53-24-18-16-21-48(53)40-19-13-12-14-20-40)46-29-30-50-49-22-15-17-23-51(49)57(10,11)52(50)37-46/h12-37H,1-11H3. The van der Waals surface area contributed by atoms with Crippen molar-refractivity contribution in [1.82, 2.24) is 0 Å². The van der Waals surface area contributed by atoms with E-state index in [1.54, 1.807) is 0 Å². The van der Waals surface area contributed by atoms with Gasteiger partial charge in [-0.2, -0.15) is 0 Å². The highest BCUT2D eigenvalue weighted by atomic mass is 15.1. The second-order valence-electron chi connectivity index (χ2n) is 20.0. The lowest BCUT2D eigenvalue weighted by molar-refractivity contribution is 0.569. The number of para-hydroxylation sites is 1. The van der Waals surface area contributed by atoms with E-state index < -0.39 is 0 Å². The van der Waals surface area contributed by atoms with Crippen LogP contribution in [0.2, 0.25) is 0 Å². The van der Waals surface area contributed by atoms with Gasteiger partial charge in [-0.05, 0) is 113 Å². The summed E-state index contributed by atoms with van der Waals surface area (Å²) in [6.07, 6.45) is 0. The Morgan fingerprint density at radius 1 is 0.345 bits per heavy atom. The van der Waals surface area contributed by atoms with Crippen LogP contribution in [0.5, 0.6) is 0 Å². The first kappa shape index (κ1) is 39.2. The van der Waals surface area contributed by atoms with E-state index >= 15 is 0 Å². The van der Waals surface area contributed by atoms with Gasteiger partial charge < -0.3 is 4.90 Å². The van der Waals surface area contributed by atoms with Crippen molar-refractivity contribution in [3.63, 3.8) is 0 Å². The van der Waals surface area contributed by atoms with E-state index in [4.69, 9.17) is 0 Å². The lowest BCUT2D eigenvalue weighted by atomic mass is 9.79. The van der Waals surface area contributed by atoms with Crippen molar-refractivity contribution < 1.29 is 0 Å². The largest absolute Gasteiger partial charge is 0.310 e. The number of rotatable bonds is 6. The van der Waals surface area contributed by atoms with E-state index in [1.165, 1.54) is 72.3 Å². The van der Waals surface area contributed by atoms with E-state index in [0.717, 1.165) is 17.1 Å². The van der Waals surface area contributed by atoms with Crippen molar-refractivity contribution in [3.05, 3.63) is 186 Å². The summed E-state index contributed by atoms with van der Waals surface area (Å²) in [5.41, 5.74) is 20.2. The average Bonchev–Trinajstić information content (AvgIpc) is 3.43. The molecule has 0 spiro atoms. The molecule has 1 heteroatoms. The molecule has 0 unspecified atom stereocenters. The number of anilines is 3. The Bertz CT molecular complexity index is 2590. The molecule has 0 amide bonds. The highest BCUT2D eigenvalue weighted by Crippen LogP contribution is 2.52. The first-order chi connectivity index (χ1) is 27.4. The Labute approximate surface area is 348 Å². The van der Waals surface area contributed by atoms with Crippen molar-refractivity contribution in [2.24, 2.45) is 0 Å². The molecule has 0 saturated heterocycles. The SMILES string of the molecule is CC(C)(C)c1cc(-c2ccc(-c3cc(C(C)(C)C)cc(C(C)(C)C)c3)cc2)cc(N(c2ccc3c(c2)C(C)(C)c2ccccc2-3)c2ccccc2-c2ccccc2)c1. The number of hydrogen-bond donors (Lipinski definition) is 0. The van der Waals surface area contributed by atoms with Gasteiger partial charge in [-0.3, -0.25) is 0 Å². The number of hydrogen-bond acceptors (Lipinski definition) is 1. The average molecular weight is 758 g/mol. The molecule has 0 bridgehead atoms. The maximum Gasteiger partial charge on any atom is 0.0540 e. The maximum atomic E-state index is 2.50. The van der Waals surface area contributed by atoms with E-state index in [1.807, 2.05) is 0 Å². The molecule has 0 aliphatic heterocycles. The summed E-state index contributed by atoms with van der Waals surface area (Å²) in [6.45, 7) is 25.6. The molecule has 292 valence electrons. The van der Waals surface area contributed by atoms with Crippen LogP contribution in [-0.4, -0.2) is 0 Å². The lowest BCUT2D eigenvalue weighted by Gasteiger charge is -2.31. The summed E-state index contributed by atoms with van der Waals surface area (Å²) < 4.78 is 0. The quantitative estimate of drug-likeness (QED) is 0.163. The van der Waals surface area contributed by atoms with Gasteiger partial charge >= 0.3 is 0 Å². The second kappa shape index (κ2) is 14.3. The first-order valence-electron chi connectivity index (χ1n) is 21.0. The molecule has 7 aromatic carbocycles. The topological polar surface area (TPSA) is 3.24 Å². The van der Waals surface area contributed by atoms with Crippen molar-refractivity contribution in [2.75, 3.05) is 4.90 Å². The minimum Gasteiger partial charge on any atom is -0.310 e. The Kier molecular flexibility index (Phi) is 9.67. The summed E-state index contributed by atoms with van der Waals surface area (Å²) in [5.74, 6) is 0. The third-order valence-electron chi connectivity index (χ3n) is 12.3. The molecule has 0 radical (unpaired) electrons. The number of nitrogens with zero attached hydrogens (tertiary/aromatic N) is 1. The van der Waals surface area contributed by atoms with Gasteiger partial charge in [0.1, 0.15) is 0 Å². The molecule has 0 heterocycles. The maximum absolute atomic E-state index is 2.50. The van der Waals surface area contributed by atoms with Crippen LogP contribution < -0.4 is 4.90 Å². The smallest absolute Gasteiger partial charge is 0.0540 e. The van der Waals surface area contributed by atoms with Gasteiger partial charge in [0, 0.05) is 22.4 Å². The molecule has 1 aliphatic rings. The summed E-state index contributed by atoms with van der Waals surface area (Å²) in [4.78, 5) is 2.50. The van der Waals surface area contributed by atoms with Crippen LogP contribution in [0.3, 0.4) is 0 Å². The zero-order chi connectivity index (χ0) is 41.2. The van der Waals surface area contributed by atoms with Crippen LogP contribution in [0, 0.1) is 0 Å². The summed E-state index contributed by atoms with van der Waals surface area (Å²) in [5, 5.41) is 0. The highest BCUT2D eigenvalue weighted by Gasteiger charge is 2.36. The number of benzene rings is 7. The van der Waals surface area contributed by atoms with Crippen LogP contribution in [0.4, 0.5) is 17.1 Å². The van der Waals surface area contributed by atoms with Crippen LogP contribution in [-0.2, 0) is 21.7 Å². The fourth-order valence-electron chi connectivity index (χ4n) is 8.64. The Balaban J connectivity index is 1.31. The van der Waals surface area contributed by atoms with Crippen LogP contribution >= 0.6 is 0 Å². The molecule has 1 nitrogen and oxygen atoms in total. The van der Waals surface area contributed by atoms with Gasteiger partial charge in [-0.25, -0.2) is 0 Å². The molecular formula is C57H59N. The predicted octanol–water partition coefficient (Wildman–Crippen LogP) is 16.4. The van der Waals surface area contributed by atoms with Gasteiger partial charge in [0.15, 0.2) is 0 Å². The molecule has 8 rings (SSSR count). The van der Waals surface area contributed by atoms with E-state index in [9.17, 15) is 0 Å². The van der Waals surface area contributed by atoms with Crippen molar-refractivity contribution in [1.29, 1.82) is 0 Å². The second-order valence-corrected chi connectivity index (χ2v) is 20.0. The zero-order valence-electron chi connectivity index (χ0n) is 36.5. The van der Waals surface area contributed by atoms with Gasteiger partial charge in [-0.15, -0.1) is 0 Å². The molecule has 0 atom stereocenters. The van der Waals surface area contributed by atoms with Gasteiger partial charge in [0.2, 0.25) is 0 Å².